The lowest BCUT2D eigenvalue weighted by atomic mass is 10.0. The van der Waals surface area contributed by atoms with Crippen molar-refractivity contribution in [1.82, 2.24) is 9.88 Å². The Morgan fingerprint density at radius 3 is 2.12 bits per heavy atom. The first-order valence-electron chi connectivity index (χ1n) is 13.1. The highest BCUT2D eigenvalue weighted by molar-refractivity contribution is 7.92. The van der Waals surface area contributed by atoms with E-state index in [0.717, 1.165) is 16.1 Å². The summed E-state index contributed by atoms with van der Waals surface area (Å²) in [6, 6.07) is 19.5. The first kappa shape index (κ1) is 29.5. The molecule has 1 aromatic heterocycles. The van der Waals surface area contributed by atoms with Crippen molar-refractivity contribution in [2.75, 3.05) is 44.4 Å². The molecule has 0 spiro atoms. The van der Waals surface area contributed by atoms with E-state index in [9.17, 15) is 18.3 Å². The number of aromatic amines is 1. The monoisotopic (exact) mass is 578 g/mol. The van der Waals surface area contributed by atoms with E-state index in [1.807, 2.05) is 44.2 Å². The van der Waals surface area contributed by atoms with Crippen molar-refractivity contribution >= 4 is 43.9 Å². The Bertz CT molecular complexity index is 1660. The number of carbonyl (C=O) groups is 1. The van der Waals surface area contributed by atoms with Gasteiger partial charge in [-0.2, -0.15) is 0 Å². The molecule has 1 amide bonds. The Kier molecular flexibility index (Phi) is 8.87. The third-order valence-electron chi connectivity index (χ3n) is 6.74. The second-order valence-corrected chi connectivity index (χ2v) is 11.2. The minimum atomic E-state index is -3.73. The van der Waals surface area contributed by atoms with Crippen molar-refractivity contribution in [3.05, 3.63) is 77.9 Å². The molecule has 0 fully saturated rings. The highest BCUT2D eigenvalue weighted by Gasteiger charge is 2.24. The summed E-state index contributed by atoms with van der Waals surface area (Å²) >= 11 is 0. The van der Waals surface area contributed by atoms with Crippen LogP contribution in [0.25, 0.3) is 10.9 Å². The standard InChI is InChI=1S/C30H34N4O6S/c1-6-33(7-2)27(35)19-34(41(5,37)38)22-15-13-21(14-16-22)31-29(20-11-9-8-10-12-20)28-23-17-25(39-3)26(40-4)18-24(23)32-30(28)36/h8-18,32,36H,6-7,19H2,1-5H3. The SMILES string of the molecule is CCN(CC)C(=O)CN(c1ccc(N=C(c2ccccc2)c2c(O)[nH]c3cc(OC)c(OC)cc23)cc1)S(C)(=O)=O. The number of sulfonamides is 1. The van der Waals surface area contributed by atoms with Crippen molar-refractivity contribution in [3.8, 4) is 17.4 Å². The van der Waals surface area contributed by atoms with Gasteiger partial charge in [-0.1, -0.05) is 30.3 Å². The zero-order valence-electron chi connectivity index (χ0n) is 23.7. The molecule has 0 aliphatic rings. The summed E-state index contributed by atoms with van der Waals surface area (Å²) in [7, 11) is -0.648. The number of nitrogens with one attached hydrogen (secondary N) is 1. The lowest BCUT2D eigenvalue weighted by Crippen LogP contribution is -2.42. The quantitative estimate of drug-likeness (QED) is 0.249. The average Bonchev–Trinajstić information content (AvgIpc) is 3.28. The van der Waals surface area contributed by atoms with Gasteiger partial charge in [0.05, 0.1) is 48.6 Å². The number of aliphatic imine (C=N–C) groups is 1. The first-order chi connectivity index (χ1) is 19.6. The summed E-state index contributed by atoms with van der Waals surface area (Å²) < 4.78 is 37.2. The van der Waals surface area contributed by atoms with Crippen molar-refractivity contribution in [2.24, 2.45) is 4.99 Å². The minimum Gasteiger partial charge on any atom is -0.494 e. The molecular formula is C30H34N4O6S. The number of methoxy groups -OCH3 is 2. The molecule has 3 aromatic carbocycles. The van der Waals surface area contributed by atoms with Gasteiger partial charge in [0.25, 0.3) is 0 Å². The fourth-order valence-electron chi connectivity index (χ4n) is 4.63. The van der Waals surface area contributed by atoms with E-state index in [0.29, 0.717) is 58.1 Å². The molecular weight excluding hydrogens is 544 g/mol. The molecule has 0 radical (unpaired) electrons. The molecule has 11 heteroatoms. The van der Waals surface area contributed by atoms with Gasteiger partial charge in [-0.05, 0) is 44.2 Å². The number of rotatable bonds is 11. The molecule has 4 aromatic rings. The maximum atomic E-state index is 12.7. The fraction of sp³-hybridized carbons (Fsp3) is 0.267. The number of aromatic hydroxyl groups is 1. The number of aromatic nitrogens is 1. The third-order valence-corrected chi connectivity index (χ3v) is 7.88. The van der Waals surface area contributed by atoms with E-state index in [4.69, 9.17) is 14.5 Å². The summed E-state index contributed by atoms with van der Waals surface area (Å²) in [5.41, 5.74) is 3.22. The van der Waals surface area contributed by atoms with Crippen LogP contribution in [0.5, 0.6) is 17.4 Å². The maximum absolute atomic E-state index is 12.7. The second-order valence-electron chi connectivity index (χ2n) is 9.28. The highest BCUT2D eigenvalue weighted by Crippen LogP contribution is 2.38. The second kappa shape index (κ2) is 12.3. The molecule has 0 aliphatic heterocycles. The smallest absolute Gasteiger partial charge is 0.243 e. The van der Waals surface area contributed by atoms with Gasteiger partial charge in [0.1, 0.15) is 6.54 Å². The molecule has 0 bridgehead atoms. The number of H-pyrrole nitrogens is 1. The molecule has 216 valence electrons. The Morgan fingerprint density at radius 2 is 1.56 bits per heavy atom. The van der Waals surface area contributed by atoms with Crippen LogP contribution in [0, 0.1) is 0 Å². The molecule has 0 aliphatic carbocycles. The molecule has 0 unspecified atom stereocenters. The number of carbonyl (C=O) groups excluding carboxylic acids is 1. The lowest BCUT2D eigenvalue weighted by Gasteiger charge is -2.26. The third kappa shape index (κ3) is 6.30. The lowest BCUT2D eigenvalue weighted by molar-refractivity contribution is -0.129. The van der Waals surface area contributed by atoms with Crippen LogP contribution in [0.15, 0.2) is 71.7 Å². The number of nitrogens with zero attached hydrogens (tertiary/aromatic N) is 3. The molecule has 4 rings (SSSR count). The van der Waals surface area contributed by atoms with Gasteiger partial charge in [0.2, 0.25) is 15.9 Å². The minimum absolute atomic E-state index is 0.0762. The van der Waals surface area contributed by atoms with Gasteiger partial charge >= 0.3 is 0 Å². The van der Waals surface area contributed by atoms with Gasteiger partial charge in [0.15, 0.2) is 17.4 Å². The predicted molar refractivity (Wildman–Crippen MR) is 161 cm³/mol. The predicted octanol–water partition coefficient (Wildman–Crippen LogP) is 4.69. The van der Waals surface area contributed by atoms with E-state index in [2.05, 4.69) is 4.98 Å². The van der Waals surface area contributed by atoms with Crippen LogP contribution in [-0.4, -0.2) is 75.1 Å². The van der Waals surface area contributed by atoms with E-state index in [1.54, 1.807) is 55.5 Å². The number of ether oxygens (including phenoxy) is 2. The number of hydrogen-bond acceptors (Lipinski definition) is 7. The number of likely N-dealkylation sites (N-methyl/N-ethyl adjacent to an activating group) is 1. The van der Waals surface area contributed by atoms with Crippen LogP contribution in [0.1, 0.15) is 25.0 Å². The molecule has 2 N–H and O–H groups in total. The topological polar surface area (TPSA) is 125 Å². The van der Waals surface area contributed by atoms with Gasteiger partial charge in [0, 0.05) is 30.1 Å². The van der Waals surface area contributed by atoms with Crippen LogP contribution < -0.4 is 13.8 Å². The van der Waals surface area contributed by atoms with Crippen molar-refractivity contribution in [3.63, 3.8) is 0 Å². The number of amides is 1. The van der Waals surface area contributed by atoms with E-state index < -0.39 is 10.0 Å². The van der Waals surface area contributed by atoms with E-state index in [1.165, 1.54) is 0 Å². The van der Waals surface area contributed by atoms with Gasteiger partial charge in [-0.25, -0.2) is 13.4 Å². The van der Waals surface area contributed by atoms with Gasteiger partial charge < -0.3 is 24.5 Å². The molecule has 0 atom stereocenters. The average molecular weight is 579 g/mol. The summed E-state index contributed by atoms with van der Waals surface area (Å²) in [5.74, 6) is 0.650. The van der Waals surface area contributed by atoms with Crippen LogP contribution in [-0.2, 0) is 14.8 Å². The van der Waals surface area contributed by atoms with Crippen molar-refractivity contribution < 1.29 is 27.8 Å². The Labute approximate surface area is 239 Å². The Balaban J connectivity index is 1.81. The van der Waals surface area contributed by atoms with Crippen LogP contribution in [0.2, 0.25) is 0 Å². The summed E-state index contributed by atoms with van der Waals surface area (Å²) in [6.45, 7) is 4.38. The Morgan fingerprint density at radius 1 is 0.951 bits per heavy atom. The fourth-order valence-corrected chi connectivity index (χ4v) is 5.48. The van der Waals surface area contributed by atoms with E-state index in [-0.39, 0.29) is 18.3 Å². The molecule has 10 nitrogen and oxygen atoms in total. The van der Waals surface area contributed by atoms with Crippen molar-refractivity contribution in [2.45, 2.75) is 13.8 Å². The van der Waals surface area contributed by atoms with Crippen molar-refractivity contribution in [1.29, 1.82) is 0 Å². The van der Waals surface area contributed by atoms with Gasteiger partial charge in [-0.15, -0.1) is 0 Å². The zero-order chi connectivity index (χ0) is 29.7. The van der Waals surface area contributed by atoms with Crippen LogP contribution in [0.4, 0.5) is 11.4 Å². The van der Waals surface area contributed by atoms with Gasteiger partial charge in [-0.3, -0.25) is 9.10 Å². The number of anilines is 1. The zero-order valence-corrected chi connectivity index (χ0v) is 24.5. The Hall–Kier alpha value is -4.51. The number of benzene rings is 3. The van der Waals surface area contributed by atoms with Crippen LogP contribution in [0.3, 0.4) is 0 Å². The highest BCUT2D eigenvalue weighted by atomic mass is 32.2. The van der Waals surface area contributed by atoms with E-state index >= 15 is 0 Å². The molecule has 0 saturated carbocycles. The summed E-state index contributed by atoms with van der Waals surface area (Å²) in [6.07, 6.45) is 1.07. The normalized spacial score (nSPS) is 11.9. The molecule has 0 saturated heterocycles. The summed E-state index contributed by atoms with van der Waals surface area (Å²) in [5, 5.41) is 11.7. The molecule has 41 heavy (non-hydrogen) atoms. The number of hydrogen-bond donors (Lipinski definition) is 2. The molecule has 1 heterocycles. The first-order valence-corrected chi connectivity index (χ1v) is 14.9. The number of fused-ring (bicyclic) bond motifs is 1. The summed E-state index contributed by atoms with van der Waals surface area (Å²) in [4.78, 5) is 22.2. The van der Waals surface area contributed by atoms with Crippen LogP contribution >= 0.6 is 0 Å². The maximum Gasteiger partial charge on any atom is 0.243 e. The largest absolute Gasteiger partial charge is 0.494 e.